The second kappa shape index (κ2) is 8.65. The molecule has 12 heavy (non-hydrogen) atoms. The molecule has 1 radical (unpaired) electrons. The molecule has 0 heterocycles. The molecular weight excluding hydrogens is 144 g/mol. The van der Waals surface area contributed by atoms with Gasteiger partial charge in [0.1, 0.15) is 0 Å². The summed E-state index contributed by atoms with van der Waals surface area (Å²) in [6.45, 7) is 6.61. The Morgan fingerprint density at radius 2 is 2.08 bits per heavy atom. The van der Waals surface area contributed by atoms with Gasteiger partial charge in [0, 0.05) is 12.8 Å². The summed E-state index contributed by atoms with van der Waals surface area (Å²) in [5.41, 5.74) is 0. The molecule has 0 aliphatic heterocycles. The van der Waals surface area contributed by atoms with Crippen molar-refractivity contribution in [3.8, 4) is 11.8 Å². The van der Waals surface area contributed by atoms with E-state index < -0.39 is 0 Å². The lowest BCUT2D eigenvalue weighted by molar-refractivity contribution is 0.500. The van der Waals surface area contributed by atoms with Gasteiger partial charge >= 0.3 is 0 Å². The van der Waals surface area contributed by atoms with Gasteiger partial charge in [0.05, 0.1) is 0 Å². The Bertz CT molecular complexity index is 136. The number of hydrogen-bond donors (Lipinski definition) is 0. The highest BCUT2D eigenvalue weighted by Crippen LogP contribution is 2.10. The molecule has 0 saturated carbocycles. The van der Waals surface area contributed by atoms with Crippen LogP contribution in [0.3, 0.4) is 0 Å². The van der Waals surface area contributed by atoms with Crippen molar-refractivity contribution in [1.29, 1.82) is 0 Å². The Balaban J connectivity index is 3.16. The fraction of sp³-hybridized carbons (Fsp3) is 0.750. The number of hydrogen-bond acceptors (Lipinski definition) is 0. The third-order valence-electron chi connectivity index (χ3n) is 2.13. The van der Waals surface area contributed by atoms with E-state index in [-0.39, 0.29) is 0 Å². The average Bonchev–Trinajstić information content (AvgIpc) is 2.10. The highest BCUT2D eigenvalue weighted by atomic mass is 14.0. The Kier molecular flexibility index (Phi) is 8.34. The van der Waals surface area contributed by atoms with Crippen LogP contribution in [0.25, 0.3) is 0 Å². The summed E-state index contributed by atoms with van der Waals surface area (Å²) in [4.78, 5) is 0. The van der Waals surface area contributed by atoms with Gasteiger partial charge in [-0.05, 0) is 25.2 Å². The van der Waals surface area contributed by atoms with Crippen molar-refractivity contribution in [2.75, 3.05) is 0 Å². The molecule has 0 aromatic rings. The van der Waals surface area contributed by atoms with Gasteiger partial charge in [0.15, 0.2) is 0 Å². The fourth-order valence-electron chi connectivity index (χ4n) is 1.01. The summed E-state index contributed by atoms with van der Waals surface area (Å²) in [5, 5.41) is 0. The molecule has 0 heteroatoms. The fourth-order valence-corrected chi connectivity index (χ4v) is 1.01. The maximum atomic E-state index is 3.18. The SMILES string of the molecule is C[CH]CC#CCCCC(C)CC. The van der Waals surface area contributed by atoms with Crippen LogP contribution in [0.1, 0.15) is 52.9 Å². The van der Waals surface area contributed by atoms with Crippen LogP contribution in [0.5, 0.6) is 0 Å². The van der Waals surface area contributed by atoms with Gasteiger partial charge in [0.25, 0.3) is 0 Å². The monoisotopic (exact) mass is 165 g/mol. The largest absolute Gasteiger partial charge is 0.103 e. The maximum absolute atomic E-state index is 3.18. The molecule has 0 aliphatic rings. The summed E-state index contributed by atoms with van der Waals surface area (Å²) < 4.78 is 0. The first-order valence-corrected chi connectivity index (χ1v) is 5.04. The summed E-state index contributed by atoms with van der Waals surface area (Å²) in [6.07, 6.45) is 8.03. The topological polar surface area (TPSA) is 0 Å². The van der Waals surface area contributed by atoms with Gasteiger partial charge in [-0.15, -0.1) is 11.8 Å². The molecule has 0 N–H and O–H groups in total. The first-order chi connectivity index (χ1) is 5.81. The van der Waals surface area contributed by atoms with Crippen LogP contribution < -0.4 is 0 Å². The van der Waals surface area contributed by atoms with Crippen molar-refractivity contribution in [2.45, 2.75) is 52.9 Å². The molecule has 0 aromatic heterocycles. The molecule has 0 saturated heterocycles. The van der Waals surface area contributed by atoms with E-state index in [1.165, 1.54) is 19.3 Å². The molecule has 1 unspecified atom stereocenters. The highest BCUT2D eigenvalue weighted by Gasteiger charge is 1.95. The summed E-state index contributed by atoms with van der Waals surface area (Å²) in [6, 6.07) is 0. The quantitative estimate of drug-likeness (QED) is 0.429. The van der Waals surface area contributed by atoms with Crippen molar-refractivity contribution in [2.24, 2.45) is 5.92 Å². The van der Waals surface area contributed by atoms with E-state index >= 15 is 0 Å². The summed E-state index contributed by atoms with van der Waals surface area (Å²) >= 11 is 0. The van der Waals surface area contributed by atoms with E-state index in [1.54, 1.807) is 0 Å². The van der Waals surface area contributed by atoms with Crippen LogP contribution in [-0.4, -0.2) is 0 Å². The van der Waals surface area contributed by atoms with E-state index in [2.05, 4.69) is 32.1 Å². The second-order valence-corrected chi connectivity index (χ2v) is 3.37. The third-order valence-corrected chi connectivity index (χ3v) is 2.13. The zero-order valence-corrected chi connectivity index (χ0v) is 8.69. The van der Waals surface area contributed by atoms with Crippen LogP contribution in [0.15, 0.2) is 0 Å². The van der Waals surface area contributed by atoms with Crippen LogP contribution >= 0.6 is 0 Å². The van der Waals surface area contributed by atoms with Crippen LogP contribution in [0, 0.1) is 24.2 Å². The van der Waals surface area contributed by atoms with E-state index in [0.29, 0.717) is 0 Å². The van der Waals surface area contributed by atoms with Crippen molar-refractivity contribution in [3.63, 3.8) is 0 Å². The van der Waals surface area contributed by atoms with Gasteiger partial charge in [-0.25, -0.2) is 0 Å². The zero-order chi connectivity index (χ0) is 9.23. The normalized spacial score (nSPS) is 11.9. The Hall–Kier alpha value is -0.440. The standard InChI is InChI=1S/C12H21/c1-4-6-7-8-9-10-11-12(3)5-2/h4,12H,5-6,9-11H2,1-3H3. The number of unbranched alkanes of at least 4 members (excludes halogenated alkanes) is 2. The minimum Gasteiger partial charge on any atom is -0.103 e. The Morgan fingerprint density at radius 3 is 2.67 bits per heavy atom. The molecule has 0 amide bonds. The molecular formula is C12H21. The summed E-state index contributed by atoms with van der Waals surface area (Å²) in [5.74, 6) is 7.18. The Morgan fingerprint density at radius 1 is 1.33 bits per heavy atom. The predicted molar refractivity (Wildman–Crippen MR) is 55.7 cm³/mol. The zero-order valence-electron chi connectivity index (χ0n) is 8.69. The lowest BCUT2D eigenvalue weighted by Gasteiger charge is -2.04. The van der Waals surface area contributed by atoms with Crippen molar-refractivity contribution < 1.29 is 0 Å². The van der Waals surface area contributed by atoms with E-state index in [9.17, 15) is 0 Å². The maximum Gasteiger partial charge on any atom is 0.0117 e. The van der Waals surface area contributed by atoms with Crippen molar-refractivity contribution >= 4 is 0 Å². The van der Waals surface area contributed by atoms with Gasteiger partial charge in [-0.3, -0.25) is 0 Å². The molecule has 0 rings (SSSR count). The molecule has 0 spiro atoms. The highest BCUT2D eigenvalue weighted by molar-refractivity contribution is 5.00. The van der Waals surface area contributed by atoms with E-state index in [0.717, 1.165) is 18.8 Å². The Labute approximate surface area is 77.8 Å². The molecule has 69 valence electrons. The third kappa shape index (κ3) is 7.66. The van der Waals surface area contributed by atoms with Crippen LogP contribution in [0.2, 0.25) is 0 Å². The van der Waals surface area contributed by atoms with Gasteiger partial charge in [-0.1, -0.05) is 27.2 Å². The van der Waals surface area contributed by atoms with Crippen molar-refractivity contribution in [3.05, 3.63) is 6.42 Å². The minimum atomic E-state index is 0.879. The predicted octanol–water partition coefficient (Wildman–Crippen LogP) is 3.82. The average molecular weight is 165 g/mol. The lowest BCUT2D eigenvalue weighted by Crippen LogP contribution is -1.90. The first kappa shape index (κ1) is 11.6. The van der Waals surface area contributed by atoms with Crippen molar-refractivity contribution in [1.82, 2.24) is 0 Å². The molecule has 1 atom stereocenters. The van der Waals surface area contributed by atoms with E-state index in [1.807, 2.05) is 6.92 Å². The lowest BCUT2D eigenvalue weighted by atomic mass is 10.0. The number of rotatable bonds is 5. The second-order valence-electron chi connectivity index (χ2n) is 3.37. The van der Waals surface area contributed by atoms with Crippen LogP contribution in [-0.2, 0) is 0 Å². The van der Waals surface area contributed by atoms with Crippen LogP contribution in [0.4, 0.5) is 0 Å². The molecule has 0 nitrogen and oxygen atoms in total. The molecule has 0 bridgehead atoms. The molecule has 0 aliphatic carbocycles. The summed E-state index contributed by atoms with van der Waals surface area (Å²) in [7, 11) is 0. The molecule has 0 aromatic carbocycles. The smallest absolute Gasteiger partial charge is 0.0117 e. The molecule has 0 fully saturated rings. The van der Waals surface area contributed by atoms with Gasteiger partial charge < -0.3 is 0 Å². The van der Waals surface area contributed by atoms with Gasteiger partial charge in [-0.2, -0.15) is 0 Å². The first-order valence-electron chi connectivity index (χ1n) is 5.04. The van der Waals surface area contributed by atoms with Gasteiger partial charge in [0.2, 0.25) is 0 Å². The minimum absolute atomic E-state index is 0.879. The van der Waals surface area contributed by atoms with E-state index in [4.69, 9.17) is 0 Å².